The van der Waals surface area contributed by atoms with Gasteiger partial charge in [-0.1, -0.05) is 0 Å². The number of halogens is 2. The highest BCUT2D eigenvalue weighted by molar-refractivity contribution is 5.80. The largest absolute Gasteiger partial charge is 0.488 e. The van der Waals surface area contributed by atoms with Crippen molar-refractivity contribution in [2.24, 2.45) is 0 Å². The molecule has 0 amide bonds. The van der Waals surface area contributed by atoms with Crippen molar-refractivity contribution in [1.29, 1.82) is 0 Å². The maximum atomic E-state index is 13.5. The van der Waals surface area contributed by atoms with Gasteiger partial charge in [-0.25, -0.2) is 13.6 Å². The van der Waals surface area contributed by atoms with Crippen LogP contribution in [0.1, 0.15) is 20.8 Å². The Balaban J connectivity index is 2.86. The van der Waals surface area contributed by atoms with E-state index in [1.165, 1.54) is 7.11 Å². The number of esters is 1. The van der Waals surface area contributed by atoms with Gasteiger partial charge < -0.3 is 9.47 Å². The Bertz CT molecular complexity index is 479. The molecule has 0 fully saturated rings. The third-order valence-electron chi connectivity index (χ3n) is 2.65. The monoisotopic (exact) mass is 287 g/mol. The number of carbonyl (C=O) groups excluding carboxylic acids is 1. The Morgan fingerprint density at radius 2 is 2.05 bits per heavy atom. The molecule has 4 nitrogen and oxygen atoms in total. The molecule has 0 aliphatic rings. The molecule has 1 rings (SSSR count). The van der Waals surface area contributed by atoms with Gasteiger partial charge in [0.1, 0.15) is 18.0 Å². The topological polar surface area (TPSA) is 47.6 Å². The second-order valence-corrected chi connectivity index (χ2v) is 4.99. The maximum Gasteiger partial charge on any atom is 0.329 e. The molecule has 0 aliphatic heterocycles. The zero-order valence-corrected chi connectivity index (χ0v) is 12.0. The summed E-state index contributed by atoms with van der Waals surface area (Å²) in [6.07, 6.45) is 0. The Hall–Kier alpha value is -1.69. The van der Waals surface area contributed by atoms with Crippen molar-refractivity contribution in [2.45, 2.75) is 32.4 Å². The molecule has 20 heavy (non-hydrogen) atoms. The first kappa shape index (κ1) is 16.4. The third-order valence-corrected chi connectivity index (χ3v) is 2.65. The van der Waals surface area contributed by atoms with Crippen molar-refractivity contribution in [2.75, 3.05) is 13.7 Å². The quantitative estimate of drug-likeness (QED) is 0.815. The summed E-state index contributed by atoms with van der Waals surface area (Å²) in [6, 6.07) is 2.88. The molecule has 0 aliphatic carbocycles. The first-order valence-corrected chi connectivity index (χ1v) is 6.22. The van der Waals surface area contributed by atoms with E-state index in [9.17, 15) is 13.6 Å². The molecule has 0 radical (unpaired) electrons. The van der Waals surface area contributed by atoms with Gasteiger partial charge in [-0.3, -0.25) is 5.32 Å². The second-order valence-electron chi connectivity index (χ2n) is 4.99. The van der Waals surface area contributed by atoms with E-state index in [4.69, 9.17) is 9.47 Å². The van der Waals surface area contributed by atoms with Gasteiger partial charge in [0.15, 0.2) is 11.6 Å². The standard InChI is InChI=1S/C14H19F2NO3/c1-9(2)17-14(3,13(18)19-4)8-20-12-7-10(15)5-6-11(12)16/h5-7,9,17H,8H2,1-4H3. The highest BCUT2D eigenvalue weighted by Gasteiger charge is 2.36. The lowest BCUT2D eigenvalue weighted by Crippen LogP contribution is -2.56. The minimum atomic E-state index is -1.15. The number of rotatable bonds is 6. The van der Waals surface area contributed by atoms with Crippen LogP contribution in [0.3, 0.4) is 0 Å². The van der Waals surface area contributed by atoms with E-state index in [0.29, 0.717) is 0 Å². The smallest absolute Gasteiger partial charge is 0.329 e. The molecule has 0 spiro atoms. The van der Waals surface area contributed by atoms with E-state index in [0.717, 1.165) is 18.2 Å². The maximum absolute atomic E-state index is 13.5. The average molecular weight is 287 g/mol. The van der Waals surface area contributed by atoms with Crippen molar-refractivity contribution in [1.82, 2.24) is 5.32 Å². The van der Waals surface area contributed by atoms with Crippen LogP contribution in [0, 0.1) is 11.6 Å². The van der Waals surface area contributed by atoms with Crippen LogP contribution in [-0.4, -0.2) is 31.3 Å². The minimum Gasteiger partial charge on any atom is -0.488 e. The number of hydrogen-bond donors (Lipinski definition) is 1. The Labute approximate surface area is 117 Å². The summed E-state index contributed by atoms with van der Waals surface area (Å²) in [6.45, 7) is 5.10. The molecule has 1 aromatic carbocycles. The van der Waals surface area contributed by atoms with Crippen molar-refractivity contribution in [3.8, 4) is 5.75 Å². The van der Waals surface area contributed by atoms with E-state index in [1.54, 1.807) is 6.92 Å². The lowest BCUT2D eigenvalue weighted by atomic mass is 10.0. The normalized spacial score (nSPS) is 13.9. The predicted octanol–water partition coefficient (Wildman–Crippen LogP) is 2.27. The van der Waals surface area contributed by atoms with Gasteiger partial charge in [0.25, 0.3) is 0 Å². The van der Waals surface area contributed by atoms with Gasteiger partial charge in [-0.15, -0.1) is 0 Å². The number of nitrogens with one attached hydrogen (secondary N) is 1. The van der Waals surface area contributed by atoms with Crippen LogP contribution in [0.5, 0.6) is 5.75 Å². The SMILES string of the molecule is COC(=O)C(C)(COc1cc(F)ccc1F)NC(C)C. The highest BCUT2D eigenvalue weighted by atomic mass is 19.1. The fourth-order valence-electron chi connectivity index (χ4n) is 1.83. The molecule has 1 atom stereocenters. The van der Waals surface area contributed by atoms with Crippen LogP contribution in [0.25, 0.3) is 0 Å². The van der Waals surface area contributed by atoms with Crippen LogP contribution >= 0.6 is 0 Å². The predicted molar refractivity (Wildman–Crippen MR) is 70.5 cm³/mol. The summed E-state index contributed by atoms with van der Waals surface area (Å²) in [5, 5.41) is 3.00. The molecule has 112 valence electrons. The lowest BCUT2D eigenvalue weighted by molar-refractivity contribution is -0.149. The van der Waals surface area contributed by atoms with Crippen molar-refractivity contribution in [3.63, 3.8) is 0 Å². The fourth-order valence-corrected chi connectivity index (χ4v) is 1.83. The summed E-state index contributed by atoms with van der Waals surface area (Å²) < 4.78 is 36.4. The molecule has 0 aromatic heterocycles. The zero-order chi connectivity index (χ0) is 15.3. The van der Waals surface area contributed by atoms with Crippen LogP contribution < -0.4 is 10.1 Å². The molecule has 0 heterocycles. The highest BCUT2D eigenvalue weighted by Crippen LogP contribution is 2.20. The van der Waals surface area contributed by atoms with Gasteiger partial charge in [0.2, 0.25) is 0 Å². The Morgan fingerprint density at radius 3 is 2.60 bits per heavy atom. The van der Waals surface area contributed by atoms with E-state index < -0.39 is 23.1 Å². The molecule has 6 heteroatoms. The summed E-state index contributed by atoms with van der Waals surface area (Å²) in [5.41, 5.74) is -1.15. The van der Waals surface area contributed by atoms with Gasteiger partial charge in [-0.2, -0.15) is 0 Å². The van der Waals surface area contributed by atoms with E-state index >= 15 is 0 Å². The molecule has 1 aromatic rings. The minimum absolute atomic E-state index is 0.0138. The average Bonchev–Trinajstić information content (AvgIpc) is 2.38. The third kappa shape index (κ3) is 4.16. The molecular formula is C14H19F2NO3. The number of benzene rings is 1. The van der Waals surface area contributed by atoms with E-state index in [-0.39, 0.29) is 18.4 Å². The van der Waals surface area contributed by atoms with E-state index in [2.05, 4.69) is 5.32 Å². The van der Waals surface area contributed by atoms with Crippen LogP contribution in [0.2, 0.25) is 0 Å². The fraction of sp³-hybridized carbons (Fsp3) is 0.500. The van der Waals surface area contributed by atoms with Crippen LogP contribution in [0.4, 0.5) is 8.78 Å². The first-order chi connectivity index (χ1) is 9.28. The lowest BCUT2D eigenvalue weighted by Gasteiger charge is -2.30. The second kappa shape index (κ2) is 6.65. The zero-order valence-electron chi connectivity index (χ0n) is 12.0. The molecule has 0 saturated heterocycles. The van der Waals surface area contributed by atoms with Crippen molar-refractivity contribution >= 4 is 5.97 Å². The summed E-state index contributed by atoms with van der Waals surface area (Å²) >= 11 is 0. The van der Waals surface area contributed by atoms with Crippen LogP contribution in [-0.2, 0) is 9.53 Å². The molecular weight excluding hydrogens is 268 g/mol. The Kier molecular flexibility index (Phi) is 5.44. The van der Waals surface area contributed by atoms with Gasteiger partial charge >= 0.3 is 5.97 Å². The van der Waals surface area contributed by atoms with E-state index in [1.807, 2.05) is 13.8 Å². The number of hydrogen-bond acceptors (Lipinski definition) is 4. The number of ether oxygens (including phenoxy) is 2. The van der Waals surface area contributed by atoms with Gasteiger partial charge in [0, 0.05) is 12.1 Å². The van der Waals surface area contributed by atoms with Crippen molar-refractivity contribution in [3.05, 3.63) is 29.8 Å². The molecule has 0 saturated carbocycles. The first-order valence-electron chi connectivity index (χ1n) is 6.22. The van der Waals surface area contributed by atoms with Crippen LogP contribution in [0.15, 0.2) is 18.2 Å². The van der Waals surface area contributed by atoms with Gasteiger partial charge in [0.05, 0.1) is 7.11 Å². The Morgan fingerprint density at radius 1 is 1.40 bits per heavy atom. The van der Waals surface area contributed by atoms with Crippen molar-refractivity contribution < 1.29 is 23.0 Å². The summed E-state index contributed by atoms with van der Waals surface area (Å²) in [7, 11) is 1.26. The van der Waals surface area contributed by atoms with Gasteiger partial charge in [-0.05, 0) is 32.9 Å². The summed E-state index contributed by atoms with van der Waals surface area (Å²) in [5.74, 6) is -2.09. The number of carbonyl (C=O) groups is 1. The summed E-state index contributed by atoms with van der Waals surface area (Å²) in [4.78, 5) is 11.8. The molecule has 1 unspecified atom stereocenters. The number of methoxy groups -OCH3 is 1. The molecule has 0 bridgehead atoms. The molecule has 1 N–H and O–H groups in total.